The standard InChI is InChI=1S/C18H16N6O3/c1-12-17-15(21-20-11-14-7-8-16(27-14)24(25)26)9-10-19-18(17)23(22-12)13-5-3-2-4-6-13/h2-10,20H,11H2,1H3,(H,19,21). The summed E-state index contributed by atoms with van der Waals surface area (Å²) < 4.78 is 6.92. The van der Waals surface area contributed by atoms with Crippen molar-refractivity contribution in [3.63, 3.8) is 0 Å². The number of para-hydroxylation sites is 1. The predicted octanol–water partition coefficient (Wildman–Crippen LogP) is 3.35. The van der Waals surface area contributed by atoms with Crippen LogP contribution in [-0.2, 0) is 6.54 Å². The van der Waals surface area contributed by atoms with Gasteiger partial charge in [-0.2, -0.15) is 5.10 Å². The van der Waals surface area contributed by atoms with Crippen LogP contribution in [0.5, 0.6) is 0 Å². The topological polar surface area (TPSA) is 111 Å². The number of benzene rings is 1. The van der Waals surface area contributed by atoms with Gasteiger partial charge >= 0.3 is 5.88 Å². The Labute approximate surface area is 153 Å². The molecule has 3 heterocycles. The van der Waals surface area contributed by atoms with Crippen LogP contribution in [0.4, 0.5) is 11.6 Å². The smallest absolute Gasteiger partial charge is 0.404 e. The molecule has 2 N–H and O–H groups in total. The van der Waals surface area contributed by atoms with Gasteiger partial charge in [0.25, 0.3) is 0 Å². The Morgan fingerprint density at radius 2 is 2.00 bits per heavy atom. The van der Waals surface area contributed by atoms with Crippen LogP contribution in [0.3, 0.4) is 0 Å². The van der Waals surface area contributed by atoms with Gasteiger partial charge in [0, 0.05) is 6.20 Å². The first kappa shape index (κ1) is 16.7. The minimum atomic E-state index is -0.565. The quantitative estimate of drug-likeness (QED) is 0.399. The third kappa shape index (κ3) is 3.23. The van der Waals surface area contributed by atoms with E-state index in [0.717, 1.165) is 28.1 Å². The summed E-state index contributed by atoms with van der Waals surface area (Å²) in [6, 6.07) is 14.5. The van der Waals surface area contributed by atoms with Crippen molar-refractivity contribution >= 4 is 22.6 Å². The Hall–Kier alpha value is -3.72. The van der Waals surface area contributed by atoms with E-state index in [1.165, 1.54) is 6.07 Å². The number of hydrazine groups is 1. The van der Waals surface area contributed by atoms with E-state index >= 15 is 0 Å². The van der Waals surface area contributed by atoms with Crippen LogP contribution in [0, 0.1) is 17.0 Å². The minimum Gasteiger partial charge on any atom is -0.404 e. The molecule has 0 saturated carbocycles. The SMILES string of the molecule is Cc1nn(-c2ccccc2)c2nccc(NNCc3ccc([N+](=O)[O-])o3)c12. The maximum atomic E-state index is 10.7. The molecule has 0 bridgehead atoms. The lowest BCUT2D eigenvalue weighted by Gasteiger charge is -2.08. The molecule has 27 heavy (non-hydrogen) atoms. The summed E-state index contributed by atoms with van der Waals surface area (Å²) in [5, 5.41) is 16.2. The van der Waals surface area contributed by atoms with Crippen molar-refractivity contribution in [1.82, 2.24) is 20.2 Å². The number of hydrogen-bond acceptors (Lipinski definition) is 7. The molecule has 136 valence electrons. The second-order valence-corrected chi connectivity index (χ2v) is 5.87. The maximum Gasteiger partial charge on any atom is 0.433 e. The van der Waals surface area contributed by atoms with Gasteiger partial charge in [0.05, 0.1) is 35.1 Å². The third-order valence-electron chi connectivity index (χ3n) is 4.06. The van der Waals surface area contributed by atoms with E-state index in [1.54, 1.807) is 16.9 Å². The number of nitrogens with zero attached hydrogens (tertiary/aromatic N) is 4. The van der Waals surface area contributed by atoms with Crippen LogP contribution in [0.2, 0.25) is 0 Å². The fraction of sp³-hybridized carbons (Fsp3) is 0.111. The molecule has 9 heteroatoms. The monoisotopic (exact) mass is 364 g/mol. The Morgan fingerprint density at radius 3 is 2.74 bits per heavy atom. The molecule has 0 aliphatic rings. The van der Waals surface area contributed by atoms with Crippen LogP contribution < -0.4 is 10.9 Å². The Bertz CT molecular complexity index is 1100. The third-order valence-corrected chi connectivity index (χ3v) is 4.06. The Morgan fingerprint density at radius 1 is 1.19 bits per heavy atom. The van der Waals surface area contributed by atoms with E-state index in [-0.39, 0.29) is 12.4 Å². The molecule has 1 aromatic carbocycles. The van der Waals surface area contributed by atoms with Crippen molar-refractivity contribution in [2.45, 2.75) is 13.5 Å². The second kappa shape index (κ2) is 6.89. The highest BCUT2D eigenvalue weighted by molar-refractivity contribution is 5.92. The van der Waals surface area contributed by atoms with Gasteiger partial charge in [0.2, 0.25) is 0 Å². The zero-order valence-corrected chi connectivity index (χ0v) is 14.4. The summed E-state index contributed by atoms with van der Waals surface area (Å²) in [5.74, 6) is 0.175. The van der Waals surface area contributed by atoms with Crippen molar-refractivity contribution < 1.29 is 9.34 Å². The summed E-state index contributed by atoms with van der Waals surface area (Å²) in [6.45, 7) is 2.20. The fourth-order valence-electron chi connectivity index (χ4n) is 2.86. The van der Waals surface area contributed by atoms with Crippen molar-refractivity contribution in [3.05, 3.63) is 76.3 Å². The normalized spacial score (nSPS) is 11.0. The van der Waals surface area contributed by atoms with Gasteiger partial charge in [0.15, 0.2) is 5.65 Å². The van der Waals surface area contributed by atoms with Gasteiger partial charge < -0.3 is 9.84 Å². The zero-order chi connectivity index (χ0) is 18.8. The van der Waals surface area contributed by atoms with Crippen molar-refractivity contribution in [1.29, 1.82) is 0 Å². The molecule has 9 nitrogen and oxygen atoms in total. The molecule has 0 spiro atoms. The molecule has 0 aliphatic carbocycles. The van der Waals surface area contributed by atoms with E-state index in [4.69, 9.17) is 4.42 Å². The first-order valence-electron chi connectivity index (χ1n) is 8.25. The van der Waals surface area contributed by atoms with Gasteiger partial charge in [-0.3, -0.25) is 10.1 Å². The predicted molar refractivity (Wildman–Crippen MR) is 99.4 cm³/mol. The molecule has 0 saturated heterocycles. The summed E-state index contributed by atoms with van der Waals surface area (Å²) >= 11 is 0. The van der Waals surface area contributed by atoms with Crippen molar-refractivity contribution in [3.8, 4) is 5.69 Å². The first-order chi connectivity index (χ1) is 13.1. The van der Waals surface area contributed by atoms with Crippen LogP contribution in [0.15, 0.2) is 59.1 Å². The lowest BCUT2D eigenvalue weighted by Crippen LogP contribution is -2.20. The van der Waals surface area contributed by atoms with E-state index in [2.05, 4.69) is 20.9 Å². The van der Waals surface area contributed by atoms with Gasteiger partial charge in [-0.15, -0.1) is 0 Å². The number of pyridine rings is 1. The average molecular weight is 364 g/mol. The van der Waals surface area contributed by atoms with Gasteiger partial charge in [-0.25, -0.2) is 15.1 Å². The molecular weight excluding hydrogens is 348 g/mol. The van der Waals surface area contributed by atoms with Gasteiger partial charge in [0.1, 0.15) is 10.7 Å². The number of anilines is 1. The number of nitro groups is 1. The van der Waals surface area contributed by atoms with Crippen LogP contribution in [0.25, 0.3) is 16.7 Å². The number of fused-ring (bicyclic) bond motifs is 1. The highest BCUT2D eigenvalue weighted by atomic mass is 16.6. The molecule has 4 aromatic rings. The van der Waals surface area contributed by atoms with E-state index < -0.39 is 4.92 Å². The van der Waals surface area contributed by atoms with Gasteiger partial charge in [-0.1, -0.05) is 18.2 Å². The van der Waals surface area contributed by atoms with E-state index in [0.29, 0.717) is 5.76 Å². The van der Waals surface area contributed by atoms with E-state index in [9.17, 15) is 10.1 Å². The molecule has 0 aliphatic heterocycles. The summed E-state index contributed by atoms with van der Waals surface area (Å²) in [6.07, 6.45) is 1.70. The number of aryl methyl sites for hydroxylation is 1. The van der Waals surface area contributed by atoms with Crippen molar-refractivity contribution in [2.75, 3.05) is 5.43 Å². The summed E-state index contributed by atoms with van der Waals surface area (Å²) in [5.41, 5.74) is 9.42. The number of nitrogens with one attached hydrogen (secondary N) is 2. The number of rotatable bonds is 6. The minimum absolute atomic E-state index is 0.280. The fourth-order valence-corrected chi connectivity index (χ4v) is 2.86. The molecule has 0 radical (unpaired) electrons. The second-order valence-electron chi connectivity index (χ2n) is 5.87. The molecule has 0 amide bonds. The average Bonchev–Trinajstić information content (AvgIpc) is 3.28. The van der Waals surface area contributed by atoms with Crippen molar-refractivity contribution in [2.24, 2.45) is 0 Å². The van der Waals surface area contributed by atoms with Crippen LogP contribution >= 0.6 is 0 Å². The molecule has 3 aromatic heterocycles. The highest BCUT2D eigenvalue weighted by Crippen LogP contribution is 2.26. The first-order valence-corrected chi connectivity index (χ1v) is 8.25. The molecule has 0 fully saturated rings. The number of aromatic nitrogens is 3. The molecule has 0 atom stereocenters. The molecule has 0 unspecified atom stereocenters. The summed E-state index contributed by atoms with van der Waals surface area (Å²) in [4.78, 5) is 14.6. The Kier molecular flexibility index (Phi) is 4.27. The lowest BCUT2D eigenvalue weighted by molar-refractivity contribution is -0.402. The lowest BCUT2D eigenvalue weighted by atomic mass is 10.2. The largest absolute Gasteiger partial charge is 0.433 e. The van der Waals surface area contributed by atoms with Crippen LogP contribution in [0.1, 0.15) is 11.5 Å². The molecule has 4 rings (SSSR count). The summed E-state index contributed by atoms with van der Waals surface area (Å²) in [7, 11) is 0. The number of furan rings is 1. The highest BCUT2D eigenvalue weighted by Gasteiger charge is 2.14. The van der Waals surface area contributed by atoms with E-state index in [1.807, 2.05) is 43.3 Å². The number of hydrogen-bond donors (Lipinski definition) is 2. The van der Waals surface area contributed by atoms with Gasteiger partial charge in [-0.05, 0) is 31.2 Å². The molecular formula is C18H16N6O3. The zero-order valence-electron chi connectivity index (χ0n) is 14.4. The van der Waals surface area contributed by atoms with Crippen LogP contribution in [-0.4, -0.2) is 19.7 Å². The Balaban J connectivity index is 1.57. The maximum absolute atomic E-state index is 10.7.